The number of carbonyl (C=O) groups is 1. The van der Waals surface area contributed by atoms with Gasteiger partial charge in [0.2, 0.25) is 5.91 Å². The van der Waals surface area contributed by atoms with E-state index in [4.69, 9.17) is 4.42 Å². The Labute approximate surface area is 173 Å². The van der Waals surface area contributed by atoms with Gasteiger partial charge in [0.15, 0.2) is 0 Å². The molecule has 6 heteroatoms. The molecule has 4 rings (SSSR count). The zero-order valence-electron chi connectivity index (χ0n) is 16.2. The molecule has 2 aromatic carbocycles. The van der Waals surface area contributed by atoms with Crippen LogP contribution in [-0.2, 0) is 21.3 Å². The Balaban J connectivity index is 1.29. The molecule has 1 unspecified atom stereocenters. The van der Waals surface area contributed by atoms with Gasteiger partial charge in [-0.2, -0.15) is 0 Å². The summed E-state index contributed by atoms with van der Waals surface area (Å²) >= 11 is 0. The summed E-state index contributed by atoms with van der Waals surface area (Å²) in [6.07, 6.45) is 1.64. The second-order valence-corrected chi connectivity index (χ2v) is 8.57. The predicted molar refractivity (Wildman–Crippen MR) is 116 cm³/mol. The van der Waals surface area contributed by atoms with Crippen molar-refractivity contribution in [3.8, 4) is 11.3 Å². The Hall–Kier alpha value is -2.86. The number of carbonyl (C=O) groups excluding carboxylic acids is 1. The molecular formula is C23H24N2O3S. The number of benzene rings is 2. The maximum Gasteiger partial charge on any atom is 0.235 e. The van der Waals surface area contributed by atoms with E-state index in [1.54, 1.807) is 6.26 Å². The zero-order chi connectivity index (χ0) is 20.1. The minimum absolute atomic E-state index is 0.0294. The SMILES string of the molecule is O=C(CS(=O)Cc1cccc(-c2ccco2)c1)N1CCN(c2ccccc2)CC1. The third-order valence-electron chi connectivity index (χ3n) is 5.10. The largest absolute Gasteiger partial charge is 0.464 e. The Bertz CT molecular complexity index is 965. The number of para-hydroxylation sites is 1. The molecule has 1 aliphatic heterocycles. The third-order valence-corrected chi connectivity index (χ3v) is 6.32. The third kappa shape index (κ3) is 4.95. The maximum atomic E-state index is 12.6. The first-order chi connectivity index (χ1) is 14.2. The van der Waals surface area contributed by atoms with E-state index in [1.165, 1.54) is 5.69 Å². The minimum atomic E-state index is -1.24. The normalized spacial score (nSPS) is 15.3. The topological polar surface area (TPSA) is 53.8 Å². The van der Waals surface area contributed by atoms with Crippen molar-refractivity contribution in [3.05, 3.63) is 78.6 Å². The molecular weight excluding hydrogens is 384 g/mol. The second-order valence-electron chi connectivity index (χ2n) is 7.11. The van der Waals surface area contributed by atoms with Crippen molar-refractivity contribution in [1.29, 1.82) is 0 Å². The molecule has 0 spiro atoms. The average Bonchev–Trinajstić information content (AvgIpc) is 3.30. The van der Waals surface area contributed by atoms with E-state index in [9.17, 15) is 9.00 Å². The number of hydrogen-bond donors (Lipinski definition) is 0. The molecule has 2 heterocycles. The summed E-state index contributed by atoms with van der Waals surface area (Å²) in [6, 6.07) is 21.8. The van der Waals surface area contributed by atoms with Crippen LogP contribution in [0.2, 0.25) is 0 Å². The molecule has 1 amide bonds. The Kier molecular flexibility index (Phi) is 6.10. The van der Waals surface area contributed by atoms with E-state index in [-0.39, 0.29) is 11.7 Å². The molecule has 1 saturated heterocycles. The molecule has 150 valence electrons. The van der Waals surface area contributed by atoms with Gasteiger partial charge in [0.05, 0.1) is 6.26 Å². The van der Waals surface area contributed by atoms with Crippen LogP contribution in [0.4, 0.5) is 5.69 Å². The highest BCUT2D eigenvalue weighted by Gasteiger charge is 2.22. The van der Waals surface area contributed by atoms with Crippen LogP contribution in [0.1, 0.15) is 5.56 Å². The van der Waals surface area contributed by atoms with Crippen molar-refractivity contribution in [1.82, 2.24) is 4.90 Å². The molecule has 1 atom stereocenters. The van der Waals surface area contributed by atoms with Gasteiger partial charge in [-0.15, -0.1) is 0 Å². The molecule has 0 radical (unpaired) electrons. The predicted octanol–water partition coefficient (Wildman–Crippen LogP) is 3.54. The summed E-state index contributed by atoms with van der Waals surface area (Å²) in [6.45, 7) is 2.93. The fraction of sp³-hybridized carbons (Fsp3) is 0.261. The first kappa shape index (κ1) is 19.5. The number of anilines is 1. The fourth-order valence-electron chi connectivity index (χ4n) is 3.58. The quantitative estimate of drug-likeness (QED) is 0.626. The lowest BCUT2D eigenvalue weighted by molar-refractivity contribution is -0.128. The average molecular weight is 409 g/mol. The molecule has 3 aromatic rings. The van der Waals surface area contributed by atoms with E-state index in [1.807, 2.05) is 59.5 Å². The van der Waals surface area contributed by atoms with E-state index >= 15 is 0 Å². The van der Waals surface area contributed by atoms with Crippen LogP contribution in [-0.4, -0.2) is 46.9 Å². The number of hydrogen-bond acceptors (Lipinski definition) is 4. The number of furan rings is 1. The van der Waals surface area contributed by atoms with Crippen LogP contribution >= 0.6 is 0 Å². The van der Waals surface area contributed by atoms with Gasteiger partial charge in [0.1, 0.15) is 11.5 Å². The van der Waals surface area contributed by atoms with E-state index in [2.05, 4.69) is 17.0 Å². The van der Waals surface area contributed by atoms with E-state index < -0.39 is 10.8 Å². The highest BCUT2D eigenvalue weighted by molar-refractivity contribution is 7.84. The zero-order valence-corrected chi connectivity index (χ0v) is 17.0. The van der Waals surface area contributed by atoms with Gasteiger partial charge in [0.25, 0.3) is 0 Å². The molecule has 29 heavy (non-hydrogen) atoms. The summed E-state index contributed by atoms with van der Waals surface area (Å²) in [4.78, 5) is 16.7. The standard InChI is InChI=1S/C23H24N2O3S/c26-23(25-13-11-24(12-14-25)21-8-2-1-3-9-21)18-29(27)17-19-6-4-7-20(16-19)22-10-5-15-28-22/h1-10,15-16H,11-14,17-18H2. The van der Waals surface area contributed by atoms with E-state index in [0.717, 1.165) is 30.0 Å². The van der Waals surface area contributed by atoms with Gasteiger partial charge >= 0.3 is 0 Å². The summed E-state index contributed by atoms with van der Waals surface area (Å²) in [5, 5.41) is 0. The number of nitrogens with zero attached hydrogens (tertiary/aromatic N) is 2. The van der Waals surface area contributed by atoms with Crippen molar-refractivity contribution in [2.75, 3.05) is 36.8 Å². The second kappa shape index (κ2) is 9.09. The van der Waals surface area contributed by atoms with Crippen molar-refractivity contribution in [2.45, 2.75) is 5.75 Å². The van der Waals surface area contributed by atoms with Crippen LogP contribution in [0.25, 0.3) is 11.3 Å². The van der Waals surface area contributed by atoms with E-state index in [0.29, 0.717) is 18.8 Å². The first-order valence-corrected chi connectivity index (χ1v) is 11.2. The van der Waals surface area contributed by atoms with Gasteiger partial charge < -0.3 is 14.2 Å². The molecule has 0 bridgehead atoms. The van der Waals surface area contributed by atoms with Gasteiger partial charge in [-0.25, -0.2) is 0 Å². The highest BCUT2D eigenvalue weighted by Crippen LogP contribution is 2.21. The monoisotopic (exact) mass is 408 g/mol. The van der Waals surface area contributed by atoms with Gasteiger partial charge in [-0.05, 0) is 35.9 Å². The molecule has 1 aromatic heterocycles. The van der Waals surface area contributed by atoms with Crippen molar-refractivity contribution < 1.29 is 13.4 Å². The molecule has 0 saturated carbocycles. The Morgan fingerprint density at radius 2 is 1.72 bits per heavy atom. The summed E-state index contributed by atoms with van der Waals surface area (Å²) in [5.74, 6) is 1.18. The first-order valence-electron chi connectivity index (χ1n) is 9.74. The molecule has 1 aliphatic rings. The summed E-state index contributed by atoms with van der Waals surface area (Å²) < 4.78 is 18.0. The molecule has 0 aliphatic carbocycles. The summed E-state index contributed by atoms with van der Waals surface area (Å²) in [7, 11) is -1.24. The maximum absolute atomic E-state index is 12.6. The minimum Gasteiger partial charge on any atom is -0.464 e. The Morgan fingerprint density at radius 3 is 2.45 bits per heavy atom. The highest BCUT2D eigenvalue weighted by atomic mass is 32.2. The van der Waals surface area contributed by atoms with Gasteiger partial charge in [0, 0.05) is 54.0 Å². The van der Waals surface area contributed by atoms with Gasteiger partial charge in [-0.1, -0.05) is 36.4 Å². The van der Waals surface area contributed by atoms with Crippen LogP contribution < -0.4 is 4.90 Å². The number of amides is 1. The van der Waals surface area contributed by atoms with Gasteiger partial charge in [-0.3, -0.25) is 9.00 Å². The smallest absolute Gasteiger partial charge is 0.235 e. The number of rotatable bonds is 6. The van der Waals surface area contributed by atoms with Crippen LogP contribution in [0, 0.1) is 0 Å². The lowest BCUT2D eigenvalue weighted by Crippen LogP contribution is -2.49. The van der Waals surface area contributed by atoms with Crippen LogP contribution in [0.15, 0.2) is 77.4 Å². The fourth-order valence-corrected chi connectivity index (χ4v) is 4.69. The molecule has 5 nitrogen and oxygen atoms in total. The van der Waals surface area contributed by atoms with Crippen molar-refractivity contribution in [2.24, 2.45) is 0 Å². The molecule has 0 N–H and O–H groups in total. The molecule has 1 fully saturated rings. The lowest BCUT2D eigenvalue weighted by Gasteiger charge is -2.36. The van der Waals surface area contributed by atoms with Crippen molar-refractivity contribution >= 4 is 22.4 Å². The number of piperazine rings is 1. The Morgan fingerprint density at radius 1 is 0.931 bits per heavy atom. The lowest BCUT2D eigenvalue weighted by atomic mass is 10.1. The van der Waals surface area contributed by atoms with Crippen molar-refractivity contribution in [3.63, 3.8) is 0 Å². The van der Waals surface area contributed by atoms with Crippen LogP contribution in [0.3, 0.4) is 0 Å². The van der Waals surface area contributed by atoms with Crippen LogP contribution in [0.5, 0.6) is 0 Å². The summed E-state index contributed by atoms with van der Waals surface area (Å²) in [5.41, 5.74) is 3.08.